The van der Waals surface area contributed by atoms with Crippen LogP contribution < -0.4 is 4.74 Å². The highest BCUT2D eigenvalue weighted by Crippen LogP contribution is 2.24. The van der Waals surface area contributed by atoms with Crippen molar-refractivity contribution in [2.24, 2.45) is 0 Å². The molecule has 0 aliphatic rings. The minimum Gasteiger partial charge on any atom is -0.494 e. The molecule has 1 aromatic carbocycles. The van der Waals surface area contributed by atoms with E-state index >= 15 is 0 Å². The van der Waals surface area contributed by atoms with Crippen molar-refractivity contribution in [2.45, 2.75) is 31.6 Å². The van der Waals surface area contributed by atoms with Crippen molar-refractivity contribution in [3.63, 3.8) is 0 Å². The summed E-state index contributed by atoms with van der Waals surface area (Å²) in [7, 11) is -4.09. The highest BCUT2D eigenvalue weighted by molar-refractivity contribution is 7.90. The number of nitro groups is 1. The van der Waals surface area contributed by atoms with Crippen LogP contribution in [0.2, 0.25) is 0 Å². The summed E-state index contributed by atoms with van der Waals surface area (Å²) in [6, 6.07) is 5.78. The van der Waals surface area contributed by atoms with Gasteiger partial charge in [-0.2, -0.15) is 8.42 Å². The van der Waals surface area contributed by atoms with E-state index in [2.05, 4.69) is 4.98 Å². The number of ether oxygens (including phenoxy) is 1. The Labute approximate surface area is 133 Å². The fraction of sp³-hybridized carbons (Fsp3) is 0.357. The SMILES string of the molecule is CCCCOc1ccc(S(=O)(=O)n2c([N+](=O)[O-])cnc2C)cc1. The van der Waals surface area contributed by atoms with Crippen molar-refractivity contribution in [3.8, 4) is 5.75 Å². The number of imidazole rings is 1. The molecule has 2 rings (SSSR count). The highest BCUT2D eigenvalue weighted by Gasteiger charge is 2.31. The lowest BCUT2D eigenvalue weighted by Gasteiger charge is -2.07. The molecule has 0 bridgehead atoms. The maximum Gasteiger partial charge on any atom is 0.358 e. The van der Waals surface area contributed by atoms with Crippen molar-refractivity contribution in [1.29, 1.82) is 0 Å². The van der Waals surface area contributed by atoms with E-state index in [9.17, 15) is 18.5 Å². The van der Waals surface area contributed by atoms with E-state index in [1.807, 2.05) is 6.92 Å². The van der Waals surface area contributed by atoms with E-state index in [0.29, 0.717) is 16.3 Å². The molecule has 0 atom stereocenters. The Kier molecular flexibility index (Phi) is 4.99. The number of aromatic nitrogens is 2. The van der Waals surface area contributed by atoms with E-state index in [-0.39, 0.29) is 10.7 Å². The minimum atomic E-state index is -4.09. The molecule has 0 saturated heterocycles. The Balaban J connectivity index is 2.34. The van der Waals surface area contributed by atoms with Gasteiger partial charge in [0.05, 0.1) is 6.61 Å². The van der Waals surface area contributed by atoms with E-state index in [0.717, 1.165) is 19.0 Å². The lowest BCUT2D eigenvalue weighted by Crippen LogP contribution is -2.16. The number of hydrogen-bond acceptors (Lipinski definition) is 6. The van der Waals surface area contributed by atoms with Gasteiger partial charge >= 0.3 is 15.8 Å². The maximum absolute atomic E-state index is 12.6. The van der Waals surface area contributed by atoms with Crippen LogP contribution in [0, 0.1) is 17.0 Å². The second-order valence-corrected chi connectivity index (χ2v) is 6.65. The van der Waals surface area contributed by atoms with Gasteiger partial charge in [0.2, 0.25) is 5.82 Å². The molecule has 0 radical (unpaired) electrons. The molecule has 0 aliphatic heterocycles. The lowest BCUT2D eigenvalue weighted by molar-refractivity contribution is -0.390. The number of nitrogens with zero attached hydrogens (tertiary/aromatic N) is 3. The third kappa shape index (κ3) is 3.50. The third-order valence-corrected chi connectivity index (χ3v) is 4.98. The number of aryl methyl sites for hydroxylation is 1. The number of rotatable bonds is 7. The fourth-order valence-electron chi connectivity index (χ4n) is 1.99. The topological polar surface area (TPSA) is 104 Å². The second kappa shape index (κ2) is 6.78. The zero-order valence-corrected chi connectivity index (χ0v) is 13.6. The van der Waals surface area contributed by atoms with Crippen molar-refractivity contribution in [2.75, 3.05) is 6.61 Å². The molecule has 8 nitrogen and oxygen atoms in total. The first kappa shape index (κ1) is 16.9. The van der Waals surface area contributed by atoms with Crippen LogP contribution in [0.5, 0.6) is 5.75 Å². The van der Waals surface area contributed by atoms with Crippen molar-refractivity contribution < 1.29 is 18.1 Å². The largest absolute Gasteiger partial charge is 0.494 e. The second-order valence-electron chi connectivity index (χ2n) is 4.86. The van der Waals surface area contributed by atoms with Gasteiger partial charge in [-0.1, -0.05) is 17.3 Å². The van der Waals surface area contributed by atoms with E-state index in [1.165, 1.54) is 31.2 Å². The molecule has 23 heavy (non-hydrogen) atoms. The summed E-state index contributed by atoms with van der Waals surface area (Å²) in [4.78, 5) is 13.8. The predicted molar refractivity (Wildman–Crippen MR) is 83.0 cm³/mol. The Bertz CT molecular complexity index is 796. The molecular formula is C14H17N3O5S. The van der Waals surface area contributed by atoms with Crippen LogP contribution in [-0.2, 0) is 10.0 Å². The Morgan fingerprint density at radius 2 is 1.96 bits per heavy atom. The standard InChI is InChI=1S/C14H17N3O5S/c1-3-4-9-22-12-5-7-13(8-6-12)23(20,21)16-11(2)15-10-14(16)17(18)19/h5-8,10H,3-4,9H2,1-2H3. The van der Waals surface area contributed by atoms with E-state index < -0.39 is 20.8 Å². The normalized spacial score (nSPS) is 11.4. The Morgan fingerprint density at radius 1 is 1.30 bits per heavy atom. The molecule has 2 aromatic rings. The average molecular weight is 339 g/mol. The molecule has 0 unspecified atom stereocenters. The van der Waals surface area contributed by atoms with Crippen LogP contribution in [0.3, 0.4) is 0 Å². The van der Waals surface area contributed by atoms with Crippen LogP contribution in [0.1, 0.15) is 25.6 Å². The van der Waals surface area contributed by atoms with E-state index in [4.69, 9.17) is 4.74 Å². The minimum absolute atomic E-state index is 0.0278. The van der Waals surface area contributed by atoms with Gasteiger partial charge in [-0.3, -0.25) is 0 Å². The highest BCUT2D eigenvalue weighted by atomic mass is 32.2. The molecular weight excluding hydrogens is 322 g/mol. The zero-order valence-electron chi connectivity index (χ0n) is 12.8. The first-order valence-electron chi connectivity index (χ1n) is 7.05. The fourth-order valence-corrected chi connectivity index (χ4v) is 3.43. The number of hydrogen-bond donors (Lipinski definition) is 0. The quantitative estimate of drug-likeness (QED) is 0.436. The van der Waals surface area contributed by atoms with Crippen molar-refractivity contribution >= 4 is 15.8 Å². The van der Waals surface area contributed by atoms with E-state index in [1.54, 1.807) is 0 Å². The smallest absolute Gasteiger partial charge is 0.358 e. The summed E-state index contributed by atoms with van der Waals surface area (Å²) in [6.07, 6.45) is 2.83. The summed E-state index contributed by atoms with van der Waals surface area (Å²) in [5.74, 6) is -0.0139. The molecule has 0 fully saturated rings. The van der Waals surface area contributed by atoms with Gasteiger partial charge < -0.3 is 14.9 Å². The molecule has 1 aromatic heterocycles. The van der Waals surface area contributed by atoms with Gasteiger partial charge in [0.25, 0.3) is 0 Å². The van der Waals surface area contributed by atoms with Gasteiger partial charge in [0.15, 0.2) is 0 Å². The predicted octanol–water partition coefficient (Wildman–Crippen LogP) is 2.52. The molecule has 0 spiro atoms. The van der Waals surface area contributed by atoms with Gasteiger partial charge in [-0.05, 0) is 35.6 Å². The Morgan fingerprint density at radius 3 is 2.52 bits per heavy atom. The first-order valence-corrected chi connectivity index (χ1v) is 8.49. The van der Waals surface area contributed by atoms with Gasteiger partial charge in [-0.15, -0.1) is 0 Å². The lowest BCUT2D eigenvalue weighted by atomic mass is 10.3. The Hall–Kier alpha value is -2.42. The van der Waals surface area contributed by atoms with Crippen LogP contribution in [-0.4, -0.2) is 28.9 Å². The molecule has 9 heteroatoms. The molecule has 0 amide bonds. The monoisotopic (exact) mass is 339 g/mol. The number of benzene rings is 1. The summed E-state index contributed by atoms with van der Waals surface area (Å²) in [6.45, 7) is 3.99. The van der Waals surface area contributed by atoms with Crippen molar-refractivity contribution in [3.05, 3.63) is 46.4 Å². The summed E-state index contributed by atoms with van der Waals surface area (Å²) in [5.41, 5.74) is 0. The first-order chi connectivity index (χ1) is 10.9. The molecule has 1 heterocycles. The average Bonchev–Trinajstić information content (AvgIpc) is 2.91. The van der Waals surface area contributed by atoms with Gasteiger partial charge in [0.1, 0.15) is 16.8 Å². The molecule has 124 valence electrons. The molecule has 0 saturated carbocycles. The third-order valence-electron chi connectivity index (χ3n) is 3.18. The summed E-state index contributed by atoms with van der Waals surface area (Å²) < 4.78 is 31.3. The van der Waals surface area contributed by atoms with Crippen LogP contribution >= 0.6 is 0 Å². The van der Waals surface area contributed by atoms with Gasteiger partial charge in [-0.25, -0.2) is 4.98 Å². The zero-order chi connectivity index (χ0) is 17.0. The van der Waals surface area contributed by atoms with Crippen LogP contribution in [0.15, 0.2) is 35.4 Å². The van der Waals surface area contributed by atoms with Crippen molar-refractivity contribution in [1.82, 2.24) is 8.96 Å². The molecule has 0 aliphatic carbocycles. The molecule has 0 N–H and O–H groups in total. The summed E-state index contributed by atoms with van der Waals surface area (Å²) in [5, 5.41) is 11.0. The number of unbranched alkanes of at least 4 members (excludes halogenated alkanes) is 1. The van der Waals surface area contributed by atoms with Crippen LogP contribution in [0.25, 0.3) is 0 Å². The van der Waals surface area contributed by atoms with Crippen LogP contribution in [0.4, 0.5) is 5.82 Å². The summed E-state index contributed by atoms with van der Waals surface area (Å²) >= 11 is 0. The van der Waals surface area contributed by atoms with Gasteiger partial charge in [0, 0.05) is 6.92 Å². The maximum atomic E-state index is 12.6.